The third kappa shape index (κ3) is 2.27. The van der Waals surface area contributed by atoms with Crippen molar-refractivity contribution in [1.29, 1.82) is 0 Å². The van der Waals surface area contributed by atoms with Crippen LogP contribution in [0.1, 0.15) is 18.5 Å². The Morgan fingerprint density at radius 3 is 3.17 bits per heavy atom. The number of carbonyl (C=O) groups excluding carboxylic acids is 1. The summed E-state index contributed by atoms with van der Waals surface area (Å²) in [7, 11) is 0. The van der Waals surface area contributed by atoms with E-state index >= 15 is 0 Å². The van der Waals surface area contributed by atoms with Gasteiger partial charge < -0.3 is 10.6 Å². The quantitative estimate of drug-likeness (QED) is 0.833. The Balaban J connectivity index is 1.71. The fraction of sp³-hybridized carbons (Fsp3) is 0.417. The van der Waals surface area contributed by atoms with Gasteiger partial charge in [0.25, 0.3) is 0 Å². The van der Waals surface area contributed by atoms with E-state index < -0.39 is 0 Å². The lowest BCUT2D eigenvalue weighted by Crippen LogP contribution is -2.31. The Morgan fingerprint density at radius 1 is 1.56 bits per heavy atom. The number of anilines is 1. The highest BCUT2D eigenvalue weighted by Gasteiger charge is 2.22. The molecule has 1 aliphatic carbocycles. The molecule has 1 aliphatic rings. The van der Waals surface area contributed by atoms with Gasteiger partial charge in [-0.05, 0) is 25.8 Å². The van der Waals surface area contributed by atoms with Crippen LogP contribution in [-0.4, -0.2) is 33.1 Å². The maximum absolute atomic E-state index is 11.6. The summed E-state index contributed by atoms with van der Waals surface area (Å²) >= 11 is 0. The first kappa shape index (κ1) is 11.0. The normalized spacial score (nSPS) is 14.7. The monoisotopic (exact) mass is 245 g/mol. The van der Waals surface area contributed by atoms with Crippen LogP contribution in [0.5, 0.6) is 0 Å². The summed E-state index contributed by atoms with van der Waals surface area (Å²) in [6.45, 7) is 2.17. The number of carbonyl (C=O) groups is 1. The Kier molecular flexibility index (Phi) is 2.62. The van der Waals surface area contributed by atoms with E-state index in [9.17, 15) is 4.79 Å². The van der Waals surface area contributed by atoms with Gasteiger partial charge in [-0.1, -0.05) is 0 Å². The van der Waals surface area contributed by atoms with Crippen LogP contribution in [0.4, 0.5) is 5.82 Å². The average Bonchev–Trinajstić information content (AvgIpc) is 3.05. The molecule has 6 heteroatoms. The SMILES string of the molecule is Cc1cc2c(NCC(=O)NC3CC3)nccn2n1. The smallest absolute Gasteiger partial charge is 0.239 e. The van der Waals surface area contributed by atoms with Crippen molar-refractivity contribution in [1.82, 2.24) is 19.9 Å². The minimum atomic E-state index is 0.0116. The molecule has 2 aromatic rings. The number of hydrogen-bond acceptors (Lipinski definition) is 4. The second kappa shape index (κ2) is 4.29. The molecular weight excluding hydrogens is 230 g/mol. The molecule has 1 amide bonds. The van der Waals surface area contributed by atoms with Crippen LogP contribution in [0.3, 0.4) is 0 Å². The number of fused-ring (bicyclic) bond motifs is 1. The number of aryl methyl sites for hydroxylation is 1. The molecule has 0 saturated heterocycles. The van der Waals surface area contributed by atoms with E-state index in [4.69, 9.17) is 0 Å². The Labute approximate surface area is 104 Å². The molecule has 6 nitrogen and oxygen atoms in total. The van der Waals surface area contributed by atoms with Gasteiger partial charge in [0.2, 0.25) is 5.91 Å². The predicted molar refractivity (Wildman–Crippen MR) is 67.4 cm³/mol. The minimum Gasteiger partial charge on any atom is -0.359 e. The molecular formula is C12H15N5O. The summed E-state index contributed by atoms with van der Waals surface area (Å²) in [5.41, 5.74) is 1.81. The van der Waals surface area contributed by atoms with Crippen molar-refractivity contribution < 1.29 is 4.79 Å². The molecule has 2 N–H and O–H groups in total. The molecule has 0 bridgehead atoms. The molecule has 2 heterocycles. The molecule has 0 spiro atoms. The first-order chi connectivity index (χ1) is 8.72. The Hall–Kier alpha value is -2.11. The number of rotatable bonds is 4. The highest BCUT2D eigenvalue weighted by atomic mass is 16.2. The van der Waals surface area contributed by atoms with Gasteiger partial charge in [-0.2, -0.15) is 5.10 Å². The number of aromatic nitrogens is 3. The van der Waals surface area contributed by atoms with Crippen LogP contribution >= 0.6 is 0 Å². The molecule has 0 atom stereocenters. The van der Waals surface area contributed by atoms with Gasteiger partial charge in [-0.3, -0.25) is 4.79 Å². The van der Waals surface area contributed by atoms with E-state index in [0.29, 0.717) is 11.9 Å². The van der Waals surface area contributed by atoms with Crippen LogP contribution < -0.4 is 10.6 Å². The third-order valence-electron chi connectivity index (χ3n) is 2.87. The number of nitrogens with zero attached hydrogens (tertiary/aromatic N) is 3. The van der Waals surface area contributed by atoms with Crippen molar-refractivity contribution in [3.05, 3.63) is 24.2 Å². The fourth-order valence-electron chi connectivity index (χ4n) is 1.85. The molecule has 1 saturated carbocycles. The van der Waals surface area contributed by atoms with Crippen molar-refractivity contribution >= 4 is 17.2 Å². The van der Waals surface area contributed by atoms with E-state index in [1.807, 2.05) is 13.0 Å². The van der Waals surface area contributed by atoms with Crippen LogP contribution in [0, 0.1) is 6.92 Å². The largest absolute Gasteiger partial charge is 0.359 e. The summed E-state index contributed by atoms with van der Waals surface area (Å²) in [6.07, 6.45) is 5.65. The average molecular weight is 245 g/mol. The summed E-state index contributed by atoms with van der Waals surface area (Å²) in [4.78, 5) is 15.8. The number of hydrogen-bond donors (Lipinski definition) is 2. The first-order valence-corrected chi connectivity index (χ1v) is 6.06. The Bertz CT molecular complexity index is 587. The maximum Gasteiger partial charge on any atom is 0.239 e. The van der Waals surface area contributed by atoms with Crippen LogP contribution in [0.25, 0.3) is 5.52 Å². The van der Waals surface area contributed by atoms with E-state index in [0.717, 1.165) is 24.1 Å². The lowest BCUT2D eigenvalue weighted by Gasteiger charge is -2.07. The van der Waals surface area contributed by atoms with Gasteiger partial charge in [0.05, 0.1) is 12.2 Å². The molecule has 0 aromatic carbocycles. The van der Waals surface area contributed by atoms with E-state index in [1.165, 1.54) is 0 Å². The van der Waals surface area contributed by atoms with E-state index in [-0.39, 0.29) is 12.5 Å². The van der Waals surface area contributed by atoms with Gasteiger partial charge in [-0.25, -0.2) is 9.50 Å². The molecule has 0 aliphatic heterocycles. The lowest BCUT2D eigenvalue weighted by molar-refractivity contribution is -0.119. The molecule has 2 aromatic heterocycles. The second-order valence-electron chi connectivity index (χ2n) is 4.59. The highest BCUT2D eigenvalue weighted by molar-refractivity contribution is 5.82. The topological polar surface area (TPSA) is 71.3 Å². The first-order valence-electron chi connectivity index (χ1n) is 6.06. The second-order valence-corrected chi connectivity index (χ2v) is 4.59. The van der Waals surface area contributed by atoms with Gasteiger partial charge >= 0.3 is 0 Å². The maximum atomic E-state index is 11.6. The standard InChI is InChI=1S/C12H15N5O/c1-8-6-10-12(13-4-5-17(10)16-8)14-7-11(18)15-9-2-3-9/h4-6,9H,2-3,7H2,1H3,(H,13,14)(H,15,18). The Morgan fingerprint density at radius 2 is 2.39 bits per heavy atom. The highest BCUT2D eigenvalue weighted by Crippen LogP contribution is 2.18. The molecule has 94 valence electrons. The van der Waals surface area contributed by atoms with Gasteiger partial charge in [0, 0.05) is 18.4 Å². The zero-order valence-corrected chi connectivity index (χ0v) is 10.2. The lowest BCUT2D eigenvalue weighted by atomic mass is 10.4. The molecule has 1 fully saturated rings. The molecule has 0 unspecified atom stereocenters. The van der Waals surface area contributed by atoms with Crippen molar-refractivity contribution in [2.75, 3.05) is 11.9 Å². The van der Waals surface area contributed by atoms with Crippen molar-refractivity contribution in [2.24, 2.45) is 0 Å². The predicted octanol–water partition coefficient (Wildman–Crippen LogP) is 0.728. The van der Waals surface area contributed by atoms with Gasteiger partial charge in [0.1, 0.15) is 5.52 Å². The number of nitrogens with one attached hydrogen (secondary N) is 2. The van der Waals surface area contributed by atoms with Crippen molar-refractivity contribution in [3.63, 3.8) is 0 Å². The van der Waals surface area contributed by atoms with Crippen molar-refractivity contribution in [2.45, 2.75) is 25.8 Å². The van der Waals surface area contributed by atoms with Crippen LogP contribution in [0.2, 0.25) is 0 Å². The van der Waals surface area contributed by atoms with E-state index in [2.05, 4.69) is 20.7 Å². The van der Waals surface area contributed by atoms with E-state index in [1.54, 1.807) is 16.9 Å². The van der Waals surface area contributed by atoms with Crippen LogP contribution in [0.15, 0.2) is 18.5 Å². The van der Waals surface area contributed by atoms with Gasteiger partial charge in [0.15, 0.2) is 5.82 Å². The number of amides is 1. The minimum absolute atomic E-state index is 0.0116. The molecule has 0 radical (unpaired) electrons. The van der Waals surface area contributed by atoms with Crippen molar-refractivity contribution in [3.8, 4) is 0 Å². The fourth-order valence-corrected chi connectivity index (χ4v) is 1.85. The summed E-state index contributed by atoms with van der Waals surface area (Å²) in [5.74, 6) is 0.696. The third-order valence-corrected chi connectivity index (χ3v) is 2.87. The summed E-state index contributed by atoms with van der Waals surface area (Å²) < 4.78 is 1.75. The van der Waals surface area contributed by atoms with Crippen LogP contribution in [-0.2, 0) is 4.79 Å². The summed E-state index contributed by atoms with van der Waals surface area (Å²) in [5, 5.41) is 10.3. The van der Waals surface area contributed by atoms with Gasteiger partial charge in [-0.15, -0.1) is 0 Å². The molecule has 18 heavy (non-hydrogen) atoms. The zero-order valence-electron chi connectivity index (χ0n) is 10.2. The zero-order chi connectivity index (χ0) is 12.5. The summed E-state index contributed by atoms with van der Waals surface area (Å²) in [6, 6.07) is 2.33. The molecule has 3 rings (SSSR count).